The van der Waals surface area contributed by atoms with Crippen LogP contribution < -0.4 is 4.90 Å². The number of hydrogen-bond acceptors (Lipinski definition) is 5. The molecule has 4 rings (SSSR count). The number of benzene rings is 1. The van der Waals surface area contributed by atoms with Gasteiger partial charge in [-0.1, -0.05) is 6.07 Å². The number of nitrogens with zero attached hydrogens (tertiary/aromatic N) is 4. The van der Waals surface area contributed by atoms with Crippen LogP contribution in [0.2, 0.25) is 0 Å². The van der Waals surface area contributed by atoms with Crippen molar-refractivity contribution in [3.05, 3.63) is 47.0 Å². The summed E-state index contributed by atoms with van der Waals surface area (Å²) in [5.74, 6) is -0.154. The molecule has 27 heavy (non-hydrogen) atoms. The molecule has 7 heteroatoms. The van der Waals surface area contributed by atoms with Crippen molar-refractivity contribution in [3.63, 3.8) is 0 Å². The molecule has 2 saturated heterocycles. The fourth-order valence-electron chi connectivity index (χ4n) is 4.12. The summed E-state index contributed by atoms with van der Waals surface area (Å²) in [6.07, 6.45) is 3.99. The van der Waals surface area contributed by atoms with Gasteiger partial charge in [-0.05, 0) is 25.0 Å². The molecular formula is C20H24FN5O. The van der Waals surface area contributed by atoms with Gasteiger partial charge in [0.2, 0.25) is 0 Å². The Bertz CT molecular complexity index is 824. The van der Waals surface area contributed by atoms with Crippen molar-refractivity contribution in [2.45, 2.75) is 25.3 Å². The summed E-state index contributed by atoms with van der Waals surface area (Å²) in [6, 6.07) is 6.88. The number of aromatic nitrogens is 2. The molecule has 0 bridgehead atoms. The number of nitrogens with one attached hydrogen (secondary N) is 1. The third kappa shape index (κ3) is 3.82. The first-order valence-corrected chi connectivity index (χ1v) is 9.52. The van der Waals surface area contributed by atoms with Crippen molar-refractivity contribution < 1.29 is 9.13 Å². The van der Waals surface area contributed by atoms with Crippen LogP contribution in [0.5, 0.6) is 0 Å². The molecule has 1 unspecified atom stereocenters. The van der Waals surface area contributed by atoms with Gasteiger partial charge in [0.15, 0.2) is 0 Å². The number of nitriles is 1. The minimum absolute atomic E-state index is 0.135. The monoisotopic (exact) mass is 369 g/mol. The largest absolute Gasteiger partial charge is 0.379 e. The van der Waals surface area contributed by atoms with Crippen LogP contribution >= 0.6 is 0 Å². The number of halogens is 1. The minimum atomic E-state index is -0.452. The summed E-state index contributed by atoms with van der Waals surface area (Å²) in [5, 5.41) is 16.9. The van der Waals surface area contributed by atoms with E-state index < -0.39 is 5.82 Å². The Balaban J connectivity index is 1.52. The quantitative estimate of drug-likeness (QED) is 0.897. The van der Waals surface area contributed by atoms with E-state index in [4.69, 9.17) is 4.74 Å². The van der Waals surface area contributed by atoms with Crippen LogP contribution in [0, 0.1) is 17.1 Å². The summed E-state index contributed by atoms with van der Waals surface area (Å²) in [7, 11) is 0. The molecule has 1 aromatic carbocycles. The minimum Gasteiger partial charge on any atom is -0.379 e. The normalized spacial score (nSPS) is 21.2. The fraction of sp³-hybridized carbons (Fsp3) is 0.500. The lowest BCUT2D eigenvalue weighted by Gasteiger charge is -2.35. The maximum absolute atomic E-state index is 14.0. The first kappa shape index (κ1) is 18.0. The van der Waals surface area contributed by atoms with E-state index in [9.17, 15) is 9.65 Å². The molecule has 2 aromatic rings. The van der Waals surface area contributed by atoms with E-state index in [0.29, 0.717) is 11.6 Å². The molecule has 0 saturated carbocycles. The van der Waals surface area contributed by atoms with E-state index in [1.807, 2.05) is 18.3 Å². The van der Waals surface area contributed by atoms with Gasteiger partial charge in [-0.25, -0.2) is 4.39 Å². The Morgan fingerprint density at radius 1 is 1.30 bits per heavy atom. The van der Waals surface area contributed by atoms with Crippen LogP contribution in [-0.4, -0.2) is 54.5 Å². The molecule has 2 fully saturated rings. The van der Waals surface area contributed by atoms with Gasteiger partial charge in [0, 0.05) is 49.9 Å². The fourth-order valence-corrected chi connectivity index (χ4v) is 4.12. The van der Waals surface area contributed by atoms with Crippen LogP contribution in [-0.2, 0) is 11.3 Å². The standard InChI is InChI=1S/C20H24FN5O/c21-18-4-1-5-19(17(18)11-22)26-6-2-3-15(14-26)20-16(12-23-24-20)13-25-7-9-27-10-8-25/h1,4-5,12,15H,2-3,6-10,13-14H2,(H,23,24). The zero-order valence-electron chi connectivity index (χ0n) is 15.3. The van der Waals surface area contributed by atoms with Gasteiger partial charge in [-0.15, -0.1) is 0 Å². The Morgan fingerprint density at radius 3 is 2.96 bits per heavy atom. The van der Waals surface area contributed by atoms with Crippen molar-refractivity contribution in [2.24, 2.45) is 0 Å². The smallest absolute Gasteiger partial charge is 0.143 e. The van der Waals surface area contributed by atoms with E-state index in [0.717, 1.165) is 58.8 Å². The number of anilines is 1. The molecule has 0 radical (unpaired) electrons. The molecule has 3 heterocycles. The molecule has 0 spiro atoms. The highest BCUT2D eigenvalue weighted by atomic mass is 19.1. The van der Waals surface area contributed by atoms with Gasteiger partial charge in [-0.2, -0.15) is 10.4 Å². The van der Waals surface area contributed by atoms with Crippen LogP contribution in [0.4, 0.5) is 10.1 Å². The highest BCUT2D eigenvalue weighted by molar-refractivity contribution is 5.60. The molecule has 1 aromatic heterocycles. The Kier molecular flexibility index (Phi) is 5.37. The Hall–Kier alpha value is -2.43. The van der Waals surface area contributed by atoms with Gasteiger partial charge < -0.3 is 9.64 Å². The van der Waals surface area contributed by atoms with Crippen molar-refractivity contribution >= 4 is 5.69 Å². The van der Waals surface area contributed by atoms with E-state index in [2.05, 4.69) is 20.0 Å². The lowest BCUT2D eigenvalue weighted by molar-refractivity contribution is 0.0340. The predicted octanol–water partition coefficient (Wildman–Crippen LogP) is 2.64. The molecule has 2 aliphatic heterocycles. The number of piperidine rings is 1. The van der Waals surface area contributed by atoms with Gasteiger partial charge in [0.1, 0.15) is 17.4 Å². The number of morpholine rings is 1. The third-order valence-corrected chi connectivity index (χ3v) is 5.52. The Morgan fingerprint density at radius 2 is 2.15 bits per heavy atom. The topological polar surface area (TPSA) is 68.2 Å². The highest BCUT2D eigenvalue weighted by Crippen LogP contribution is 2.33. The maximum atomic E-state index is 14.0. The van der Waals surface area contributed by atoms with E-state index >= 15 is 0 Å². The van der Waals surface area contributed by atoms with Crippen LogP contribution in [0.1, 0.15) is 35.6 Å². The number of rotatable bonds is 4. The number of hydrogen-bond donors (Lipinski definition) is 1. The van der Waals surface area contributed by atoms with Crippen LogP contribution in [0.15, 0.2) is 24.4 Å². The highest BCUT2D eigenvalue weighted by Gasteiger charge is 2.27. The second kappa shape index (κ2) is 8.07. The molecule has 1 atom stereocenters. The van der Waals surface area contributed by atoms with Crippen molar-refractivity contribution in [3.8, 4) is 6.07 Å². The zero-order chi connectivity index (χ0) is 18.6. The average Bonchev–Trinajstić information content (AvgIpc) is 3.17. The van der Waals surface area contributed by atoms with Gasteiger partial charge in [-0.3, -0.25) is 10.00 Å². The van der Waals surface area contributed by atoms with Crippen LogP contribution in [0.25, 0.3) is 0 Å². The maximum Gasteiger partial charge on any atom is 0.143 e. The third-order valence-electron chi connectivity index (χ3n) is 5.52. The molecule has 6 nitrogen and oxygen atoms in total. The van der Waals surface area contributed by atoms with Crippen molar-refractivity contribution in [2.75, 3.05) is 44.3 Å². The lowest BCUT2D eigenvalue weighted by atomic mass is 9.91. The molecule has 0 aliphatic carbocycles. The average molecular weight is 369 g/mol. The summed E-state index contributed by atoms with van der Waals surface area (Å²) in [5.41, 5.74) is 3.22. The van der Waals surface area contributed by atoms with E-state index in [1.165, 1.54) is 17.3 Å². The SMILES string of the molecule is N#Cc1c(F)cccc1N1CCCC(c2[nH]ncc2CN2CCOCC2)C1. The first-order valence-electron chi connectivity index (χ1n) is 9.52. The predicted molar refractivity (Wildman–Crippen MR) is 100.0 cm³/mol. The first-order chi connectivity index (χ1) is 13.3. The number of ether oxygens (including phenoxy) is 1. The van der Waals surface area contributed by atoms with Crippen molar-refractivity contribution in [1.29, 1.82) is 5.26 Å². The summed E-state index contributed by atoms with van der Waals surface area (Å²) in [6.45, 7) is 5.90. The lowest BCUT2D eigenvalue weighted by Crippen LogP contribution is -2.37. The summed E-state index contributed by atoms with van der Waals surface area (Å²) in [4.78, 5) is 4.52. The second-order valence-corrected chi connectivity index (χ2v) is 7.23. The van der Waals surface area contributed by atoms with Gasteiger partial charge in [0.25, 0.3) is 0 Å². The Labute approximate surface area is 158 Å². The summed E-state index contributed by atoms with van der Waals surface area (Å²) >= 11 is 0. The van der Waals surface area contributed by atoms with Crippen LogP contribution in [0.3, 0.4) is 0 Å². The molecule has 1 N–H and O–H groups in total. The summed E-state index contributed by atoms with van der Waals surface area (Å²) < 4.78 is 19.5. The zero-order valence-corrected chi connectivity index (χ0v) is 15.3. The van der Waals surface area contributed by atoms with Gasteiger partial charge >= 0.3 is 0 Å². The van der Waals surface area contributed by atoms with Crippen molar-refractivity contribution in [1.82, 2.24) is 15.1 Å². The van der Waals surface area contributed by atoms with Gasteiger partial charge in [0.05, 0.1) is 25.1 Å². The molecule has 0 amide bonds. The number of H-pyrrole nitrogens is 1. The molecule has 2 aliphatic rings. The second-order valence-electron chi connectivity index (χ2n) is 7.23. The molecular weight excluding hydrogens is 345 g/mol. The van der Waals surface area contributed by atoms with E-state index in [1.54, 1.807) is 6.07 Å². The van der Waals surface area contributed by atoms with E-state index in [-0.39, 0.29) is 5.56 Å². The molecule has 142 valence electrons. The number of aromatic amines is 1.